The van der Waals surface area contributed by atoms with E-state index in [0.717, 1.165) is 18.2 Å². The van der Waals surface area contributed by atoms with Crippen LogP contribution in [0.25, 0.3) is 5.69 Å². The van der Waals surface area contributed by atoms with Crippen LogP contribution in [0.1, 0.15) is 5.56 Å². The molecule has 90 valence electrons. The molecule has 0 aliphatic heterocycles. The Balaban J connectivity index is 2.51. The van der Waals surface area contributed by atoms with Crippen LogP contribution in [0.4, 0.5) is 22.0 Å². The molecule has 1 aromatic carbocycles. The molecule has 17 heavy (non-hydrogen) atoms. The average Bonchev–Trinajstić information content (AvgIpc) is 2.65. The normalized spacial score (nSPS) is 11.8. The van der Waals surface area contributed by atoms with Gasteiger partial charge in [0, 0.05) is 6.20 Å². The summed E-state index contributed by atoms with van der Waals surface area (Å²) < 4.78 is 63.9. The van der Waals surface area contributed by atoms with Gasteiger partial charge in [-0.3, -0.25) is 0 Å². The molecule has 2 aromatic rings. The molecule has 7 heteroatoms. The second-order valence-electron chi connectivity index (χ2n) is 3.24. The predicted molar refractivity (Wildman–Crippen MR) is 48.5 cm³/mol. The monoisotopic (exact) mass is 248 g/mol. The van der Waals surface area contributed by atoms with Crippen molar-refractivity contribution in [1.29, 1.82) is 0 Å². The van der Waals surface area contributed by atoms with Gasteiger partial charge in [-0.1, -0.05) is 6.07 Å². The minimum atomic E-state index is -4.60. The van der Waals surface area contributed by atoms with Gasteiger partial charge in [0.05, 0.1) is 11.8 Å². The van der Waals surface area contributed by atoms with Crippen molar-refractivity contribution >= 4 is 0 Å². The summed E-state index contributed by atoms with van der Waals surface area (Å²) in [6.45, 7) is 0. The standard InChI is InChI=1S/C10H5F5N2/c11-7-2-1-3-8(12)9(7)17-5-6(4-16-17)10(13,14)15/h1-5H. The Morgan fingerprint density at radius 3 is 2.12 bits per heavy atom. The number of rotatable bonds is 1. The van der Waals surface area contributed by atoms with Gasteiger partial charge >= 0.3 is 6.18 Å². The molecule has 0 unspecified atom stereocenters. The Kier molecular flexibility index (Phi) is 2.60. The molecular weight excluding hydrogens is 243 g/mol. The molecule has 0 fully saturated rings. The largest absolute Gasteiger partial charge is 0.419 e. The lowest BCUT2D eigenvalue weighted by Crippen LogP contribution is -2.04. The van der Waals surface area contributed by atoms with E-state index in [4.69, 9.17) is 0 Å². The van der Waals surface area contributed by atoms with Crippen molar-refractivity contribution in [2.45, 2.75) is 6.18 Å². The molecule has 1 aromatic heterocycles. The van der Waals surface area contributed by atoms with Crippen molar-refractivity contribution < 1.29 is 22.0 Å². The minimum absolute atomic E-state index is 0.506. The van der Waals surface area contributed by atoms with Crippen molar-refractivity contribution in [2.24, 2.45) is 0 Å². The van der Waals surface area contributed by atoms with Gasteiger partial charge in [0.1, 0.15) is 5.69 Å². The van der Waals surface area contributed by atoms with E-state index >= 15 is 0 Å². The Morgan fingerprint density at radius 2 is 1.65 bits per heavy atom. The highest BCUT2D eigenvalue weighted by atomic mass is 19.4. The molecule has 2 rings (SSSR count). The molecule has 0 N–H and O–H groups in total. The van der Waals surface area contributed by atoms with Gasteiger partial charge in [0.25, 0.3) is 0 Å². The van der Waals surface area contributed by atoms with E-state index in [2.05, 4.69) is 5.10 Å². The number of halogens is 5. The van der Waals surface area contributed by atoms with Gasteiger partial charge in [-0.2, -0.15) is 18.3 Å². The van der Waals surface area contributed by atoms with Crippen LogP contribution in [0.2, 0.25) is 0 Å². The third kappa shape index (κ3) is 2.13. The van der Waals surface area contributed by atoms with Crippen molar-refractivity contribution in [2.75, 3.05) is 0 Å². The number of aromatic nitrogens is 2. The maximum absolute atomic E-state index is 13.3. The summed E-state index contributed by atoms with van der Waals surface area (Å²) in [5.74, 6) is -1.97. The number of hydrogen-bond acceptors (Lipinski definition) is 1. The average molecular weight is 248 g/mol. The smallest absolute Gasteiger partial charge is 0.234 e. The van der Waals surface area contributed by atoms with Crippen LogP contribution in [0.5, 0.6) is 0 Å². The number of benzene rings is 1. The third-order valence-corrected chi connectivity index (χ3v) is 2.08. The molecule has 0 atom stereocenters. The van der Waals surface area contributed by atoms with Crippen LogP contribution >= 0.6 is 0 Å². The zero-order valence-corrected chi connectivity index (χ0v) is 8.17. The van der Waals surface area contributed by atoms with Crippen molar-refractivity contribution in [3.8, 4) is 5.69 Å². The maximum atomic E-state index is 13.3. The van der Waals surface area contributed by atoms with E-state index in [9.17, 15) is 22.0 Å². The summed E-state index contributed by atoms with van der Waals surface area (Å²) in [4.78, 5) is 0. The fraction of sp³-hybridized carbons (Fsp3) is 0.100. The first kappa shape index (κ1) is 11.6. The molecule has 0 saturated heterocycles. The van der Waals surface area contributed by atoms with Crippen molar-refractivity contribution in [3.05, 3.63) is 47.8 Å². The summed E-state index contributed by atoms with van der Waals surface area (Å²) in [7, 11) is 0. The molecule has 0 radical (unpaired) electrons. The maximum Gasteiger partial charge on any atom is 0.419 e. The summed E-state index contributed by atoms with van der Waals surface area (Å²) in [5, 5.41) is 3.29. The highest BCUT2D eigenvalue weighted by molar-refractivity contribution is 5.35. The summed E-state index contributed by atoms with van der Waals surface area (Å²) in [5.41, 5.74) is -1.71. The lowest BCUT2D eigenvalue weighted by Gasteiger charge is -2.04. The zero-order chi connectivity index (χ0) is 12.6. The summed E-state index contributed by atoms with van der Waals surface area (Å²) in [6.07, 6.45) is -3.56. The Morgan fingerprint density at radius 1 is 1.06 bits per heavy atom. The van der Waals surface area contributed by atoms with E-state index in [-0.39, 0.29) is 0 Å². The van der Waals surface area contributed by atoms with Crippen LogP contribution in [-0.2, 0) is 6.18 Å². The van der Waals surface area contributed by atoms with Gasteiger partial charge in [-0.25, -0.2) is 13.5 Å². The molecule has 0 bridgehead atoms. The fourth-order valence-corrected chi connectivity index (χ4v) is 1.30. The van der Waals surface area contributed by atoms with Crippen LogP contribution in [0.15, 0.2) is 30.6 Å². The molecule has 0 amide bonds. The summed E-state index contributed by atoms with van der Waals surface area (Å²) >= 11 is 0. The number of hydrogen-bond donors (Lipinski definition) is 0. The van der Waals surface area contributed by atoms with E-state index < -0.39 is 29.1 Å². The molecule has 0 saturated carbocycles. The predicted octanol–water partition coefficient (Wildman–Crippen LogP) is 3.17. The molecule has 0 aliphatic carbocycles. The first-order valence-electron chi connectivity index (χ1n) is 4.46. The first-order chi connectivity index (χ1) is 7.89. The molecular formula is C10H5F5N2. The summed E-state index contributed by atoms with van der Waals surface area (Å²) in [6, 6.07) is 2.99. The lowest BCUT2D eigenvalue weighted by molar-refractivity contribution is -0.137. The fourth-order valence-electron chi connectivity index (χ4n) is 1.30. The molecule has 0 spiro atoms. The van der Waals surface area contributed by atoms with Gasteiger partial charge < -0.3 is 0 Å². The Hall–Kier alpha value is -1.92. The quantitative estimate of drug-likeness (QED) is 0.709. The Bertz CT molecular complexity index is 524. The van der Waals surface area contributed by atoms with E-state index in [1.807, 2.05) is 0 Å². The van der Waals surface area contributed by atoms with Gasteiger partial charge in [0.15, 0.2) is 11.6 Å². The second-order valence-corrected chi connectivity index (χ2v) is 3.24. The number of para-hydroxylation sites is 1. The van der Waals surface area contributed by atoms with Crippen molar-refractivity contribution in [1.82, 2.24) is 9.78 Å². The van der Waals surface area contributed by atoms with E-state index in [0.29, 0.717) is 17.1 Å². The molecule has 2 nitrogen and oxygen atoms in total. The van der Waals surface area contributed by atoms with E-state index in [1.54, 1.807) is 0 Å². The molecule has 1 heterocycles. The highest BCUT2D eigenvalue weighted by Crippen LogP contribution is 2.29. The SMILES string of the molecule is Fc1cccc(F)c1-n1cc(C(F)(F)F)cn1. The topological polar surface area (TPSA) is 17.8 Å². The zero-order valence-electron chi connectivity index (χ0n) is 8.17. The van der Waals surface area contributed by atoms with E-state index in [1.165, 1.54) is 0 Å². The van der Waals surface area contributed by atoms with Crippen LogP contribution in [0.3, 0.4) is 0 Å². The van der Waals surface area contributed by atoms with Crippen LogP contribution in [0, 0.1) is 11.6 Å². The first-order valence-corrected chi connectivity index (χ1v) is 4.46. The lowest BCUT2D eigenvalue weighted by atomic mass is 10.3. The Labute approximate surface area is 92.3 Å². The van der Waals surface area contributed by atoms with Gasteiger partial charge in [-0.05, 0) is 12.1 Å². The minimum Gasteiger partial charge on any atom is -0.234 e. The van der Waals surface area contributed by atoms with Crippen molar-refractivity contribution in [3.63, 3.8) is 0 Å². The highest BCUT2D eigenvalue weighted by Gasteiger charge is 2.32. The van der Waals surface area contributed by atoms with Crippen LogP contribution in [-0.4, -0.2) is 9.78 Å². The third-order valence-electron chi connectivity index (χ3n) is 2.08. The number of alkyl halides is 3. The van der Waals surface area contributed by atoms with Crippen LogP contribution < -0.4 is 0 Å². The van der Waals surface area contributed by atoms with Gasteiger partial charge in [0.2, 0.25) is 0 Å². The molecule has 0 aliphatic rings. The number of nitrogens with zero attached hydrogens (tertiary/aromatic N) is 2. The second kappa shape index (κ2) is 3.83. The van der Waals surface area contributed by atoms with Gasteiger partial charge in [-0.15, -0.1) is 0 Å².